The van der Waals surface area contributed by atoms with Crippen LogP contribution in [0.3, 0.4) is 0 Å². The van der Waals surface area contributed by atoms with Gasteiger partial charge in [-0.25, -0.2) is 0 Å². The predicted octanol–water partition coefficient (Wildman–Crippen LogP) is 3.98. The summed E-state index contributed by atoms with van der Waals surface area (Å²) in [6.07, 6.45) is 1.09. The smallest absolute Gasteiger partial charge is 0.305 e. The zero-order chi connectivity index (χ0) is 15.1. The Balaban J connectivity index is 1.88. The fourth-order valence-electron chi connectivity index (χ4n) is 1.88. The Morgan fingerprint density at radius 2 is 1.81 bits per heavy atom. The second kappa shape index (κ2) is 8.02. The van der Waals surface area contributed by atoms with Crippen molar-refractivity contribution in [2.24, 2.45) is 0 Å². The number of hydrogen-bond acceptors (Lipinski definition) is 3. The van der Waals surface area contributed by atoms with Crippen molar-refractivity contribution in [3.05, 3.63) is 63.2 Å². The van der Waals surface area contributed by atoms with E-state index in [-0.39, 0.29) is 5.97 Å². The van der Waals surface area contributed by atoms with E-state index in [2.05, 4.69) is 39.5 Å². The molecule has 0 bridgehead atoms. The number of aryl methyl sites for hydroxylation is 1. The fraction of sp³-hybridized carbons (Fsp3) is 0.235. The maximum Gasteiger partial charge on any atom is 0.305 e. The second-order valence-electron chi connectivity index (χ2n) is 4.60. The Labute approximate surface area is 138 Å². The number of benzene rings is 2. The highest BCUT2D eigenvalue weighted by atomic mass is 127. The molecule has 0 N–H and O–H groups in total. The van der Waals surface area contributed by atoms with Crippen LogP contribution in [0.5, 0.6) is 5.75 Å². The number of rotatable bonds is 6. The number of carbonyl (C=O) groups is 1. The second-order valence-corrected chi connectivity index (χ2v) is 5.76. The van der Waals surface area contributed by atoms with Gasteiger partial charge in [0, 0.05) is 15.6 Å². The van der Waals surface area contributed by atoms with E-state index in [1.807, 2.05) is 36.4 Å². The molecule has 0 amide bonds. The van der Waals surface area contributed by atoms with Crippen molar-refractivity contribution >= 4 is 28.6 Å². The van der Waals surface area contributed by atoms with Crippen LogP contribution in [-0.4, -0.2) is 13.1 Å². The third kappa shape index (κ3) is 5.04. The molecule has 2 aromatic rings. The van der Waals surface area contributed by atoms with E-state index in [4.69, 9.17) is 4.74 Å². The summed E-state index contributed by atoms with van der Waals surface area (Å²) < 4.78 is 11.6. The SMILES string of the molecule is COC(=O)CCc1ccc(OCc2ccccc2I)cc1. The van der Waals surface area contributed by atoms with Crippen LogP contribution < -0.4 is 4.74 Å². The molecule has 0 aliphatic rings. The molecule has 3 nitrogen and oxygen atoms in total. The Kier molecular flexibility index (Phi) is 6.04. The standard InChI is InChI=1S/C17H17IO3/c1-20-17(19)11-8-13-6-9-15(10-7-13)21-12-14-4-2-3-5-16(14)18/h2-7,9-10H,8,11-12H2,1H3. The van der Waals surface area contributed by atoms with Crippen LogP contribution in [0.4, 0.5) is 0 Å². The summed E-state index contributed by atoms with van der Waals surface area (Å²) in [6.45, 7) is 0.556. The van der Waals surface area contributed by atoms with Crippen molar-refractivity contribution in [3.8, 4) is 5.75 Å². The van der Waals surface area contributed by atoms with Gasteiger partial charge in [-0.3, -0.25) is 4.79 Å². The molecule has 0 radical (unpaired) electrons. The van der Waals surface area contributed by atoms with Gasteiger partial charge in [0.25, 0.3) is 0 Å². The van der Waals surface area contributed by atoms with Crippen molar-refractivity contribution in [1.82, 2.24) is 0 Å². The fourth-order valence-corrected chi connectivity index (χ4v) is 2.42. The molecule has 0 aliphatic carbocycles. The molecule has 0 atom stereocenters. The highest BCUT2D eigenvalue weighted by molar-refractivity contribution is 14.1. The largest absolute Gasteiger partial charge is 0.489 e. The molecular weight excluding hydrogens is 379 g/mol. The maximum atomic E-state index is 11.1. The Bertz CT molecular complexity index is 593. The minimum atomic E-state index is -0.186. The minimum Gasteiger partial charge on any atom is -0.489 e. The zero-order valence-corrected chi connectivity index (χ0v) is 14.0. The van der Waals surface area contributed by atoms with Gasteiger partial charge in [0.15, 0.2) is 0 Å². The monoisotopic (exact) mass is 396 g/mol. The normalized spacial score (nSPS) is 10.2. The van der Waals surface area contributed by atoms with Gasteiger partial charge >= 0.3 is 5.97 Å². The zero-order valence-electron chi connectivity index (χ0n) is 11.8. The molecule has 0 heterocycles. The van der Waals surface area contributed by atoms with Gasteiger partial charge in [-0.2, -0.15) is 0 Å². The van der Waals surface area contributed by atoms with Gasteiger partial charge in [0.2, 0.25) is 0 Å². The molecule has 0 spiro atoms. The number of methoxy groups -OCH3 is 1. The van der Waals surface area contributed by atoms with Crippen LogP contribution in [0.15, 0.2) is 48.5 Å². The number of hydrogen-bond donors (Lipinski definition) is 0. The van der Waals surface area contributed by atoms with Crippen molar-refractivity contribution < 1.29 is 14.3 Å². The summed E-state index contributed by atoms with van der Waals surface area (Å²) in [5.74, 6) is 0.644. The van der Waals surface area contributed by atoms with Crippen LogP contribution in [0.1, 0.15) is 17.5 Å². The molecule has 21 heavy (non-hydrogen) atoms. The topological polar surface area (TPSA) is 35.5 Å². The first-order valence-electron chi connectivity index (χ1n) is 6.71. The van der Waals surface area contributed by atoms with E-state index in [0.29, 0.717) is 19.4 Å². The lowest BCUT2D eigenvalue weighted by Crippen LogP contribution is -2.02. The first-order chi connectivity index (χ1) is 10.2. The highest BCUT2D eigenvalue weighted by Crippen LogP contribution is 2.17. The van der Waals surface area contributed by atoms with Crippen LogP contribution in [-0.2, 0) is 22.6 Å². The quantitative estimate of drug-likeness (QED) is 0.548. The maximum absolute atomic E-state index is 11.1. The molecule has 4 heteroatoms. The molecule has 0 unspecified atom stereocenters. The van der Waals surface area contributed by atoms with Crippen molar-refractivity contribution in [1.29, 1.82) is 0 Å². The van der Waals surface area contributed by atoms with E-state index in [1.54, 1.807) is 0 Å². The molecule has 0 saturated heterocycles. The molecule has 0 aromatic heterocycles. The van der Waals surface area contributed by atoms with Crippen molar-refractivity contribution in [2.75, 3.05) is 7.11 Å². The number of ether oxygens (including phenoxy) is 2. The van der Waals surface area contributed by atoms with Gasteiger partial charge < -0.3 is 9.47 Å². The highest BCUT2D eigenvalue weighted by Gasteiger charge is 2.03. The number of esters is 1. The minimum absolute atomic E-state index is 0.186. The summed E-state index contributed by atoms with van der Waals surface area (Å²) in [4.78, 5) is 11.1. The summed E-state index contributed by atoms with van der Waals surface area (Å²) >= 11 is 2.31. The third-order valence-corrected chi connectivity index (χ3v) is 4.17. The first kappa shape index (κ1) is 15.8. The lowest BCUT2D eigenvalue weighted by atomic mass is 10.1. The third-order valence-electron chi connectivity index (χ3n) is 3.12. The Morgan fingerprint density at radius 1 is 1.10 bits per heavy atom. The summed E-state index contributed by atoms with van der Waals surface area (Å²) in [5.41, 5.74) is 2.27. The number of carbonyl (C=O) groups excluding carboxylic acids is 1. The van der Waals surface area contributed by atoms with Crippen LogP contribution in [0.2, 0.25) is 0 Å². The van der Waals surface area contributed by atoms with E-state index in [0.717, 1.165) is 11.3 Å². The van der Waals surface area contributed by atoms with E-state index in [1.165, 1.54) is 16.2 Å². The molecule has 0 saturated carbocycles. The summed E-state index contributed by atoms with van der Waals surface area (Å²) in [5, 5.41) is 0. The predicted molar refractivity (Wildman–Crippen MR) is 90.3 cm³/mol. The van der Waals surface area contributed by atoms with Crippen molar-refractivity contribution in [3.63, 3.8) is 0 Å². The van der Waals surface area contributed by atoms with Crippen LogP contribution in [0, 0.1) is 3.57 Å². The average Bonchev–Trinajstić information content (AvgIpc) is 2.53. The van der Waals surface area contributed by atoms with Gasteiger partial charge in [-0.1, -0.05) is 30.3 Å². The molecule has 2 aromatic carbocycles. The van der Waals surface area contributed by atoms with E-state index in [9.17, 15) is 4.79 Å². The molecule has 0 fully saturated rings. The van der Waals surface area contributed by atoms with E-state index < -0.39 is 0 Å². The molecule has 2 rings (SSSR count). The lowest BCUT2D eigenvalue weighted by molar-refractivity contribution is -0.140. The van der Waals surface area contributed by atoms with Gasteiger partial charge in [0.05, 0.1) is 7.11 Å². The summed E-state index contributed by atoms with van der Waals surface area (Å²) in [6, 6.07) is 16.0. The average molecular weight is 396 g/mol. The van der Waals surface area contributed by atoms with Crippen LogP contribution >= 0.6 is 22.6 Å². The molecule has 110 valence electrons. The van der Waals surface area contributed by atoms with Gasteiger partial charge in [0.1, 0.15) is 12.4 Å². The van der Waals surface area contributed by atoms with Crippen LogP contribution in [0.25, 0.3) is 0 Å². The first-order valence-corrected chi connectivity index (χ1v) is 7.79. The number of halogens is 1. The van der Waals surface area contributed by atoms with E-state index >= 15 is 0 Å². The molecule has 0 aliphatic heterocycles. The van der Waals surface area contributed by atoms with Gasteiger partial charge in [-0.05, 0) is 52.8 Å². The molecular formula is C17H17IO3. The Morgan fingerprint density at radius 3 is 2.48 bits per heavy atom. The van der Waals surface area contributed by atoms with Gasteiger partial charge in [-0.15, -0.1) is 0 Å². The summed E-state index contributed by atoms with van der Waals surface area (Å²) in [7, 11) is 1.41. The Hall–Kier alpha value is -1.56. The van der Waals surface area contributed by atoms with Crippen molar-refractivity contribution in [2.45, 2.75) is 19.4 Å². The lowest BCUT2D eigenvalue weighted by Gasteiger charge is -2.08.